The Morgan fingerprint density at radius 3 is 1.56 bits per heavy atom. The molecule has 0 aliphatic heterocycles. The fraction of sp³-hybridized carbons (Fsp3) is 0.294. The van der Waals surface area contributed by atoms with Gasteiger partial charge >= 0.3 is 0 Å². The number of hydrogen-bond acceptors (Lipinski definition) is 0. The summed E-state index contributed by atoms with van der Waals surface area (Å²) in [5.41, 5.74) is 7.53. The van der Waals surface area contributed by atoms with E-state index in [1.165, 1.54) is 22.3 Å². The van der Waals surface area contributed by atoms with Gasteiger partial charge in [-0.3, -0.25) is 0 Å². The van der Waals surface area contributed by atoms with Crippen LogP contribution in [0.25, 0.3) is 11.1 Å². The number of aryl methyl sites for hydroxylation is 5. The molecule has 0 amide bonds. The van der Waals surface area contributed by atoms with Crippen LogP contribution in [0, 0.1) is 40.4 Å². The van der Waals surface area contributed by atoms with Gasteiger partial charge in [-0.25, -0.2) is 4.39 Å². The van der Waals surface area contributed by atoms with E-state index in [4.69, 9.17) is 0 Å². The zero-order valence-electron chi connectivity index (χ0n) is 11.7. The van der Waals surface area contributed by atoms with Crippen molar-refractivity contribution in [1.29, 1.82) is 0 Å². The maximum Gasteiger partial charge on any atom is 0.129 e. The van der Waals surface area contributed by atoms with Crippen molar-refractivity contribution in [2.75, 3.05) is 0 Å². The van der Waals surface area contributed by atoms with E-state index < -0.39 is 0 Å². The van der Waals surface area contributed by atoms with Crippen molar-refractivity contribution in [2.24, 2.45) is 0 Å². The minimum atomic E-state index is -0.0961. The van der Waals surface area contributed by atoms with E-state index in [2.05, 4.69) is 32.9 Å². The highest BCUT2D eigenvalue weighted by atomic mass is 19.1. The second kappa shape index (κ2) is 4.56. The third-order valence-electron chi connectivity index (χ3n) is 3.40. The van der Waals surface area contributed by atoms with Crippen LogP contribution in [0.3, 0.4) is 0 Å². The van der Waals surface area contributed by atoms with E-state index in [1.807, 2.05) is 26.0 Å². The molecule has 2 aromatic carbocycles. The van der Waals surface area contributed by atoms with Gasteiger partial charge in [-0.2, -0.15) is 0 Å². The van der Waals surface area contributed by atoms with Gasteiger partial charge in [0.2, 0.25) is 0 Å². The van der Waals surface area contributed by atoms with Crippen molar-refractivity contribution in [3.8, 4) is 11.1 Å². The molecule has 0 aromatic heterocycles. The Morgan fingerprint density at radius 1 is 0.667 bits per heavy atom. The van der Waals surface area contributed by atoms with E-state index in [0.29, 0.717) is 11.1 Å². The van der Waals surface area contributed by atoms with Gasteiger partial charge < -0.3 is 0 Å². The Bertz CT molecular complexity index is 563. The maximum atomic E-state index is 13.7. The van der Waals surface area contributed by atoms with Crippen LogP contribution in [-0.2, 0) is 0 Å². The third kappa shape index (κ3) is 2.17. The topological polar surface area (TPSA) is 0 Å². The second-order valence-corrected chi connectivity index (χ2v) is 5.20. The monoisotopic (exact) mass is 242 g/mol. The molecule has 2 aromatic rings. The minimum Gasteiger partial charge on any atom is -0.206 e. The van der Waals surface area contributed by atoms with Crippen molar-refractivity contribution in [1.82, 2.24) is 0 Å². The van der Waals surface area contributed by atoms with Crippen LogP contribution in [0.2, 0.25) is 0 Å². The van der Waals surface area contributed by atoms with Crippen LogP contribution in [0.15, 0.2) is 24.3 Å². The lowest BCUT2D eigenvalue weighted by Gasteiger charge is -2.13. The molecule has 0 fully saturated rings. The van der Waals surface area contributed by atoms with Crippen LogP contribution >= 0.6 is 0 Å². The quantitative estimate of drug-likeness (QED) is 0.657. The van der Waals surface area contributed by atoms with E-state index in [-0.39, 0.29) is 5.82 Å². The Hall–Kier alpha value is -1.63. The van der Waals surface area contributed by atoms with Crippen LogP contribution in [-0.4, -0.2) is 0 Å². The zero-order valence-corrected chi connectivity index (χ0v) is 11.7. The summed E-state index contributed by atoms with van der Waals surface area (Å²) in [6, 6.07) is 8.23. The molecule has 0 heterocycles. The first-order valence-electron chi connectivity index (χ1n) is 6.25. The molecule has 0 aliphatic carbocycles. The van der Waals surface area contributed by atoms with Crippen LogP contribution in [0.5, 0.6) is 0 Å². The minimum absolute atomic E-state index is 0.0961. The van der Waals surface area contributed by atoms with Crippen LogP contribution in [0.4, 0.5) is 4.39 Å². The average Bonchev–Trinajstić information content (AvgIpc) is 2.24. The molecule has 0 unspecified atom stereocenters. The molecule has 2 rings (SSSR count). The first kappa shape index (κ1) is 12.8. The lowest BCUT2D eigenvalue weighted by atomic mass is 9.92. The lowest BCUT2D eigenvalue weighted by Crippen LogP contribution is -1.94. The summed E-state index contributed by atoms with van der Waals surface area (Å²) < 4.78 is 13.7. The van der Waals surface area contributed by atoms with Gasteiger partial charge in [0.25, 0.3) is 0 Å². The molecule has 0 bridgehead atoms. The molecular formula is C17H19F. The predicted octanol–water partition coefficient (Wildman–Crippen LogP) is 5.03. The van der Waals surface area contributed by atoms with Gasteiger partial charge in [0.15, 0.2) is 0 Å². The fourth-order valence-corrected chi connectivity index (χ4v) is 2.73. The Balaban J connectivity index is 2.70. The summed E-state index contributed by atoms with van der Waals surface area (Å²) in [6.07, 6.45) is 0. The molecule has 0 atom stereocenters. The molecular weight excluding hydrogens is 223 g/mol. The van der Waals surface area contributed by atoms with Gasteiger partial charge in [0, 0.05) is 0 Å². The van der Waals surface area contributed by atoms with E-state index in [9.17, 15) is 4.39 Å². The lowest BCUT2D eigenvalue weighted by molar-refractivity contribution is 0.609. The molecule has 0 N–H and O–H groups in total. The highest BCUT2D eigenvalue weighted by Gasteiger charge is 2.10. The number of rotatable bonds is 1. The summed E-state index contributed by atoms with van der Waals surface area (Å²) in [5, 5.41) is 0. The Labute approximate surface area is 108 Å². The number of hydrogen-bond donors (Lipinski definition) is 0. The zero-order chi connectivity index (χ0) is 13.4. The summed E-state index contributed by atoms with van der Waals surface area (Å²) in [7, 11) is 0. The summed E-state index contributed by atoms with van der Waals surface area (Å²) in [4.78, 5) is 0. The molecule has 0 saturated heterocycles. The number of benzene rings is 2. The molecule has 0 saturated carbocycles. The fourth-order valence-electron chi connectivity index (χ4n) is 2.73. The van der Waals surface area contributed by atoms with Crippen LogP contribution < -0.4 is 0 Å². The first-order valence-corrected chi connectivity index (χ1v) is 6.25. The largest absolute Gasteiger partial charge is 0.206 e. The van der Waals surface area contributed by atoms with Gasteiger partial charge in [0.1, 0.15) is 5.82 Å². The summed E-state index contributed by atoms with van der Waals surface area (Å²) in [6.45, 7) is 9.98. The van der Waals surface area contributed by atoms with Crippen molar-refractivity contribution in [3.05, 3.63) is 57.9 Å². The third-order valence-corrected chi connectivity index (χ3v) is 3.40. The van der Waals surface area contributed by atoms with Gasteiger partial charge in [-0.15, -0.1) is 0 Å². The number of halogens is 1. The molecule has 0 spiro atoms. The van der Waals surface area contributed by atoms with Gasteiger partial charge in [0.05, 0.1) is 0 Å². The molecule has 0 radical (unpaired) electrons. The highest BCUT2D eigenvalue weighted by Crippen LogP contribution is 2.30. The van der Waals surface area contributed by atoms with Gasteiger partial charge in [-0.1, -0.05) is 17.7 Å². The Morgan fingerprint density at radius 2 is 1.11 bits per heavy atom. The predicted molar refractivity (Wildman–Crippen MR) is 75.5 cm³/mol. The highest BCUT2D eigenvalue weighted by molar-refractivity contribution is 5.72. The molecule has 1 heteroatoms. The molecule has 18 heavy (non-hydrogen) atoms. The van der Waals surface area contributed by atoms with Crippen molar-refractivity contribution in [3.63, 3.8) is 0 Å². The molecule has 0 aliphatic rings. The second-order valence-electron chi connectivity index (χ2n) is 5.20. The average molecular weight is 242 g/mol. The Kier molecular flexibility index (Phi) is 3.25. The van der Waals surface area contributed by atoms with Gasteiger partial charge in [-0.05, 0) is 80.1 Å². The maximum absolute atomic E-state index is 13.7. The van der Waals surface area contributed by atoms with Crippen molar-refractivity contribution in [2.45, 2.75) is 34.6 Å². The smallest absolute Gasteiger partial charge is 0.129 e. The summed E-state index contributed by atoms with van der Waals surface area (Å²) >= 11 is 0. The summed E-state index contributed by atoms with van der Waals surface area (Å²) in [5.74, 6) is -0.0961. The molecule has 0 nitrogen and oxygen atoms in total. The SMILES string of the molecule is Cc1cc(C)c(-c2cc(C)c(F)c(C)c2)c(C)c1. The van der Waals surface area contributed by atoms with Crippen molar-refractivity contribution < 1.29 is 4.39 Å². The van der Waals surface area contributed by atoms with E-state index in [0.717, 1.165) is 5.56 Å². The van der Waals surface area contributed by atoms with Crippen LogP contribution in [0.1, 0.15) is 27.8 Å². The molecule has 94 valence electrons. The van der Waals surface area contributed by atoms with Crippen molar-refractivity contribution >= 4 is 0 Å². The van der Waals surface area contributed by atoms with E-state index in [1.54, 1.807) is 0 Å². The normalized spacial score (nSPS) is 10.8. The van der Waals surface area contributed by atoms with E-state index >= 15 is 0 Å². The standard InChI is InChI=1S/C17H19F/c1-10-6-11(2)16(12(3)7-10)15-8-13(4)17(18)14(5)9-15/h6-9H,1-5H3. The first-order chi connectivity index (χ1) is 8.40.